The molecule has 14 heavy (non-hydrogen) atoms. The van der Waals surface area contributed by atoms with Crippen molar-refractivity contribution in [3.05, 3.63) is 0 Å². The predicted octanol–water partition coefficient (Wildman–Crippen LogP) is 2.61. The van der Waals surface area contributed by atoms with E-state index >= 15 is 0 Å². The Kier molecular flexibility index (Phi) is 2.47. The maximum atomic E-state index is 11.3. The van der Waals surface area contributed by atoms with Crippen LogP contribution >= 0.6 is 21.6 Å². The number of carbonyl (C=O) groups excluding carboxylic acids is 2. The summed E-state index contributed by atoms with van der Waals surface area (Å²) in [7, 11) is 3.28. The molecule has 0 unspecified atom stereocenters. The number of hydrogen-bond acceptors (Lipinski definition) is 4. The van der Waals surface area contributed by atoms with Crippen LogP contribution in [0.2, 0.25) is 0 Å². The smallest absolute Gasteiger partial charge is 0.146 e. The quantitative estimate of drug-likeness (QED) is 0.680. The lowest BCUT2D eigenvalue weighted by Gasteiger charge is -2.14. The molecule has 2 aliphatic rings. The number of carbonyl (C=O) groups is 2. The second-order valence-electron chi connectivity index (χ2n) is 4.27. The molecule has 78 valence electrons. The Bertz CT molecular complexity index is 260. The van der Waals surface area contributed by atoms with Crippen LogP contribution in [-0.2, 0) is 9.59 Å². The van der Waals surface area contributed by atoms with Crippen LogP contribution in [0, 0.1) is 0 Å². The lowest BCUT2D eigenvalue weighted by Crippen LogP contribution is -2.17. The molecule has 0 N–H and O–H groups in total. The third-order valence-electron chi connectivity index (χ3n) is 3.05. The van der Waals surface area contributed by atoms with Gasteiger partial charge >= 0.3 is 0 Å². The van der Waals surface area contributed by atoms with Gasteiger partial charge in [-0.15, -0.1) is 0 Å². The molecule has 2 rings (SSSR count). The van der Waals surface area contributed by atoms with Gasteiger partial charge in [-0.25, -0.2) is 0 Å². The van der Waals surface area contributed by atoms with Crippen molar-refractivity contribution >= 4 is 33.2 Å². The minimum atomic E-state index is -0.129. The summed E-state index contributed by atoms with van der Waals surface area (Å²) >= 11 is 0. The minimum absolute atomic E-state index is 0.129. The summed E-state index contributed by atoms with van der Waals surface area (Å²) < 4.78 is -0.259. The third-order valence-corrected chi connectivity index (χ3v) is 7.33. The monoisotopic (exact) mass is 230 g/mol. The van der Waals surface area contributed by atoms with E-state index in [4.69, 9.17) is 0 Å². The molecule has 0 aromatic carbocycles. The van der Waals surface area contributed by atoms with Crippen molar-refractivity contribution in [2.75, 3.05) is 0 Å². The van der Waals surface area contributed by atoms with Gasteiger partial charge in [0.15, 0.2) is 0 Å². The summed E-state index contributed by atoms with van der Waals surface area (Å²) in [6.07, 6.45) is 3.98. The van der Waals surface area contributed by atoms with Crippen LogP contribution in [0.5, 0.6) is 0 Å². The molecule has 2 aliphatic carbocycles. The Morgan fingerprint density at radius 2 is 1.14 bits per heavy atom. The lowest BCUT2D eigenvalue weighted by molar-refractivity contribution is -0.118. The summed E-state index contributed by atoms with van der Waals surface area (Å²) in [5.41, 5.74) is 0. The van der Waals surface area contributed by atoms with Crippen LogP contribution in [0.1, 0.15) is 39.5 Å². The fraction of sp³-hybridized carbons (Fsp3) is 0.800. The van der Waals surface area contributed by atoms with Crippen LogP contribution in [0.15, 0.2) is 0 Å². The Hall–Kier alpha value is 0.0400. The highest BCUT2D eigenvalue weighted by atomic mass is 33.1. The van der Waals surface area contributed by atoms with E-state index in [1.807, 2.05) is 0 Å². The normalized spacial score (nSPS) is 25.6. The van der Waals surface area contributed by atoms with Crippen LogP contribution < -0.4 is 0 Å². The van der Waals surface area contributed by atoms with Gasteiger partial charge in [0.05, 0.1) is 9.49 Å². The Balaban J connectivity index is 1.89. The lowest BCUT2D eigenvalue weighted by atomic mass is 10.3. The van der Waals surface area contributed by atoms with Crippen molar-refractivity contribution in [1.82, 2.24) is 0 Å². The van der Waals surface area contributed by atoms with E-state index in [-0.39, 0.29) is 21.1 Å². The number of rotatable bonds is 5. The van der Waals surface area contributed by atoms with Crippen molar-refractivity contribution in [1.29, 1.82) is 0 Å². The van der Waals surface area contributed by atoms with Gasteiger partial charge in [-0.3, -0.25) is 9.59 Å². The summed E-state index contributed by atoms with van der Waals surface area (Å²) in [4.78, 5) is 22.6. The third kappa shape index (κ3) is 1.74. The zero-order chi connectivity index (χ0) is 10.4. The highest BCUT2D eigenvalue weighted by molar-refractivity contribution is 8.78. The second-order valence-corrected chi connectivity index (χ2v) is 7.16. The molecule has 0 heterocycles. The first kappa shape index (κ1) is 10.6. The van der Waals surface area contributed by atoms with Gasteiger partial charge in [0.25, 0.3) is 0 Å². The standard InChI is InChI=1S/C10H14O2S2/c1-7(11)9(3-4-9)13-14-10(5-6-10)8(2)12/h3-6H2,1-2H3. The first-order valence-electron chi connectivity index (χ1n) is 4.90. The van der Waals surface area contributed by atoms with E-state index in [0.717, 1.165) is 25.7 Å². The molecule has 0 aromatic heterocycles. The van der Waals surface area contributed by atoms with E-state index in [1.165, 1.54) is 0 Å². The first-order chi connectivity index (χ1) is 6.51. The predicted molar refractivity (Wildman–Crippen MR) is 60.5 cm³/mol. The van der Waals surface area contributed by atoms with Gasteiger partial charge in [0.2, 0.25) is 0 Å². The van der Waals surface area contributed by atoms with Crippen molar-refractivity contribution in [2.45, 2.75) is 49.0 Å². The molecular weight excluding hydrogens is 216 g/mol. The largest absolute Gasteiger partial charge is 0.298 e. The van der Waals surface area contributed by atoms with Crippen molar-refractivity contribution in [2.24, 2.45) is 0 Å². The molecule has 0 aromatic rings. The van der Waals surface area contributed by atoms with Crippen molar-refractivity contribution in [3.8, 4) is 0 Å². The van der Waals surface area contributed by atoms with Gasteiger partial charge in [-0.2, -0.15) is 0 Å². The Morgan fingerprint density at radius 1 is 0.857 bits per heavy atom. The minimum Gasteiger partial charge on any atom is -0.298 e. The molecule has 0 atom stereocenters. The molecule has 0 saturated heterocycles. The molecule has 0 spiro atoms. The molecule has 2 fully saturated rings. The van der Waals surface area contributed by atoms with E-state index in [0.29, 0.717) is 0 Å². The summed E-state index contributed by atoms with van der Waals surface area (Å²) in [6, 6.07) is 0. The molecule has 0 bridgehead atoms. The molecule has 0 amide bonds. The molecule has 0 radical (unpaired) electrons. The SMILES string of the molecule is CC(=O)C1(SSC2(C(C)=O)CC2)CC1. The molecular formula is C10H14O2S2. The van der Waals surface area contributed by atoms with Gasteiger partial charge < -0.3 is 0 Å². The van der Waals surface area contributed by atoms with Crippen molar-refractivity contribution in [3.63, 3.8) is 0 Å². The zero-order valence-corrected chi connectivity index (χ0v) is 10.1. The highest BCUT2D eigenvalue weighted by Crippen LogP contribution is 2.62. The van der Waals surface area contributed by atoms with E-state index < -0.39 is 0 Å². The fourth-order valence-corrected chi connectivity index (χ4v) is 5.13. The molecule has 4 heteroatoms. The molecule has 2 nitrogen and oxygen atoms in total. The fourth-order valence-electron chi connectivity index (χ4n) is 1.37. The van der Waals surface area contributed by atoms with Gasteiger partial charge in [0, 0.05) is 0 Å². The Morgan fingerprint density at radius 3 is 1.29 bits per heavy atom. The maximum absolute atomic E-state index is 11.3. The molecule has 0 aliphatic heterocycles. The average Bonchev–Trinajstić information content (AvgIpc) is 2.99. The number of hydrogen-bond donors (Lipinski definition) is 0. The Labute approximate surface area is 92.0 Å². The first-order valence-corrected chi connectivity index (χ1v) is 7.05. The van der Waals surface area contributed by atoms with Crippen molar-refractivity contribution < 1.29 is 9.59 Å². The van der Waals surface area contributed by atoms with Gasteiger partial charge in [-0.1, -0.05) is 21.6 Å². The summed E-state index contributed by atoms with van der Waals surface area (Å²) in [6.45, 7) is 3.32. The highest BCUT2D eigenvalue weighted by Gasteiger charge is 2.54. The summed E-state index contributed by atoms with van der Waals surface area (Å²) in [5, 5.41) is 0. The van der Waals surface area contributed by atoms with Gasteiger partial charge in [0.1, 0.15) is 11.6 Å². The average molecular weight is 230 g/mol. The van der Waals surface area contributed by atoms with Gasteiger partial charge in [-0.05, 0) is 39.5 Å². The second kappa shape index (κ2) is 3.27. The number of Topliss-reactive ketones (excluding diaryl/α,β-unsaturated/α-hetero) is 2. The molecule has 2 saturated carbocycles. The van der Waals surface area contributed by atoms with Crippen LogP contribution in [0.25, 0.3) is 0 Å². The topological polar surface area (TPSA) is 34.1 Å². The zero-order valence-electron chi connectivity index (χ0n) is 8.46. The number of ketones is 2. The van der Waals surface area contributed by atoms with Crippen LogP contribution in [0.4, 0.5) is 0 Å². The van der Waals surface area contributed by atoms with E-state index in [1.54, 1.807) is 35.4 Å². The van der Waals surface area contributed by atoms with E-state index in [2.05, 4.69) is 0 Å². The summed E-state index contributed by atoms with van der Waals surface area (Å²) in [5.74, 6) is 0.545. The van der Waals surface area contributed by atoms with E-state index in [9.17, 15) is 9.59 Å². The van der Waals surface area contributed by atoms with Crippen LogP contribution in [0.3, 0.4) is 0 Å². The van der Waals surface area contributed by atoms with Crippen LogP contribution in [-0.4, -0.2) is 21.1 Å². The maximum Gasteiger partial charge on any atom is 0.146 e.